The van der Waals surface area contributed by atoms with Crippen molar-refractivity contribution in [2.45, 2.75) is 0 Å². The molecule has 1 aliphatic rings. The van der Waals surface area contributed by atoms with Crippen molar-refractivity contribution in [1.29, 1.82) is 5.26 Å². The Labute approximate surface area is 113 Å². The topological polar surface area (TPSA) is 59.4 Å². The third-order valence-electron chi connectivity index (χ3n) is 3.33. The molecule has 1 aromatic carbocycles. The number of likely N-dealkylation sites (N-methyl/N-ethyl adjacent to an activating group) is 1. The van der Waals surface area contributed by atoms with Crippen molar-refractivity contribution in [3.8, 4) is 6.07 Å². The van der Waals surface area contributed by atoms with Gasteiger partial charge in [0.25, 0.3) is 0 Å². The summed E-state index contributed by atoms with van der Waals surface area (Å²) in [7, 11) is 1.72. The summed E-state index contributed by atoms with van der Waals surface area (Å²) < 4.78 is 0. The quantitative estimate of drug-likeness (QED) is 0.854. The van der Waals surface area contributed by atoms with Crippen LogP contribution in [0.4, 0.5) is 5.69 Å². The fourth-order valence-corrected chi connectivity index (χ4v) is 2.16. The summed E-state index contributed by atoms with van der Waals surface area (Å²) in [5.41, 5.74) is 1.20. The highest BCUT2D eigenvalue weighted by atomic mass is 16.2. The van der Waals surface area contributed by atoms with Crippen LogP contribution in [0.15, 0.2) is 24.3 Å². The van der Waals surface area contributed by atoms with E-state index in [4.69, 9.17) is 5.26 Å². The van der Waals surface area contributed by atoms with Gasteiger partial charge in [0.15, 0.2) is 0 Å². The van der Waals surface area contributed by atoms with Crippen molar-refractivity contribution in [3.63, 3.8) is 0 Å². The molecule has 0 saturated carbocycles. The third-order valence-corrected chi connectivity index (χ3v) is 3.33. The van der Waals surface area contributed by atoms with Crippen LogP contribution < -0.4 is 10.2 Å². The first kappa shape index (κ1) is 13.5. The minimum absolute atomic E-state index is 0.0181. The van der Waals surface area contributed by atoms with E-state index in [9.17, 15) is 4.79 Å². The van der Waals surface area contributed by atoms with Gasteiger partial charge in [-0.1, -0.05) is 12.1 Å². The number of rotatable bonds is 3. The van der Waals surface area contributed by atoms with Crippen LogP contribution in [0.5, 0.6) is 0 Å². The normalized spacial score (nSPS) is 15.8. The van der Waals surface area contributed by atoms with Crippen LogP contribution >= 0.6 is 0 Å². The van der Waals surface area contributed by atoms with Crippen LogP contribution in [0, 0.1) is 11.3 Å². The van der Waals surface area contributed by atoms with Gasteiger partial charge in [-0.25, -0.2) is 0 Å². The molecule has 19 heavy (non-hydrogen) atoms. The van der Waals surface area contributed by atoms with Gasteiger partial charge in [0, 0.05) is 33.2 Å². The van der Waals surface area contributed by atoms with E-state index in [1.807, 2.05) is 6.07 Å². The van der Waals surface area contributed by atoms with Crippen molar-refractivity contribution in [2.24, 2.45) is 0 Å². The maximum Gasteiger partial charge on any atom is 0.240 e. The molecular formula is C14H18N4O. The zero-order valence-corrected chi connectivity index (χ0v) is 11.1. The third kappa shape index (κ3) is 3.31. The number of para-hydroxylation sites is 1. The van der Waals surface area contributed by atoms with Gasteiger partial charge in [0.2, 0.25) is 5.91 Å². The van der Waals surface area contributed by atoms with E-state index >= 15 is 0 Å². The number of piperazine rings is 1. The monoisotopic (exact) mass is 258 g/mol. The molecule has 0 bridgehead atoms. The average molecular weight is 258 g/mol. The van der Waals surface area contributed by atoms with E-state index < -0.39 is 0 Å². The molecule has 0 spiro atoms. The number of amides is 1. The number of hydrogen-bond acceptors (Lipinski definition) is 4. The molecule has 0 unspecified atom stereocenters. The van der Waals surface area contributed by atoms with E-state index in [1.54, 1.807) is 30.1 Å². The number of hydrogen-bond donors (Lipinski definition) is 1. The van der Waals surface area contributed by atoms with Crippen LogP contribution in [0.1, 0.15) is 5.56 Å². The molecule has 1 amide bonds. The Kier molecular flexibility index (Phi) is 4.50. The molecule has 0 atom stereocenters. The average Bonchev–Trinajstić information content (AvgIpc) is 2.47. The highest BCUT2D eigenvalue weighted by Crippen LogP contribution is 2.18. The van der Waals surface area contributed by atoms with Crippen LogP contribution in [-0.4, -0.2) is 50.6 Å². The van der Waals surface area contributed by atoms with Crippen LogP contribution in [0.25, 0.3) is 0 Å². The fourth-order valence-electron chi connectivity index (χ4n) is 2.16. The lowest BCUT2D eigenvalue weighted by molar-refractivity contribution is -0.119. The van der Waals surface area contributed by atoms with E-state index in [2.05, 4.69) is 16.3 Å². The fraction of sp³-hybridized carbons (Fsp3) is 0.429. The van der Waals surface area contributed by atoms with Crippen molar-refractivity contribution < 1.29 is 4.79 Å². The Bertz CT molecular complexity index is 488. The first-order valence-corrected chi connectivity index (χ1v) is 6.41. The molecule has 1 fully saturated rings. The van der Waals surface area contributed by atoms with Crippen LogP contribution in [0.3, 0.4) is 0 Å². The lowest BCUT2D eigenvalue weighted by atomic mass is 10.2. The van der Waals surface area contributed by atoms with Crippen LogP contribution in [-0.2, 0) is 4.79 Å². The van der Waals surface area contributed by atoms with Gasteiger partial charge in [0.05, 0.1) is 17.8 Å². The number of anilines is 1. The molecule has 1 heterocycles. The van der Waals surface area contributed by atoms with Crippen molar-refractivity contribution in [2.75, 3.05) is 44.7 Å². The van der Waals surface area contributed by atoms with Gasteiger partial charge >= 0.3 is 0 Å². The Balaban J connectivity index is 2.04. The molecule has 1 saturated heterocycles. The minimum Gasteiger partial charge on any atom is -0.314 e. The lowest BCUT2D eigenvalue weighted by Gasteiger charge is -2.28. The molecular weight excluding hydrogens is 240 g/mol. The van der Waals surface area contributed by atoms with E-state index in [1.165, 1.54) is 0 Å². The van der Waals surface area contributed by atoms with E-state index in [0.29, 0.717) is 17.8 Å². The highest BCUT2D eigenvalue weighted by Gasteiger charge is 2.18. The standard InChI is InChI=1S/C14H18N4O/c1-17(13-5-3-2-4-12(13)10-15)14(19)11-18-8-6-16-7-9-18/h2-5,16H,6-9,11H2,1H3. The largest absolute Gasteiger partial charge is 0.314 e. The number of nitrogens with zero attached hydrogens (tertiary/aromatic N) is 3. The van der Waals surface area contributed by atoms with Crippen molar-refractivity contribution in [1.82, 2.24) is 10.2 Å². The smallest absolute Gasteiger partial charge is 0.240 e. The summed E-state index contributed by atoms with van der Waals surface area (Å²) in [4.78, 5) is 15.9. The first-order chi connectivity index (χ1) is 9.22. The first-order valence-electron chi connectivity index (χ1n) is 6.41. The molecule has 1 N–H and O–H groups in total. The van der Waals surface area contributed by atoms with Gasteiger partial charge in [-0.3, -0.25) is 9.69 Å². The molecule has 5 nitrogen and oxygen atoms in total. The Morgan fingerprint density at radius 2 is 2.11 bits per heavy atom. The molecule has 0 aromatic heterocycles. The number of carbonyl (C=O) groups is 1. The molecule has 1 aliphatic heterocycles. The number of nitriles is 1. The van der Waals surface area contributed by atoms with Gasteiger partial charge in [0.1, 0.15) is 6.07 Å². The SMILES string of the molecule is CN(C(=O)CN1CCNCC1)c1ccccc1C#N. The zero-order chi connectivity index (χ0) is 13.7. The summed E-state index contributed by atoms with van der Waals surface area (Å²) in [5.74, 6) is 0.0181. The number of benzene rings is 1. The number of carbonyl (C=O) groups excluding carboxylic acids is 1. The second-order valence-corrected chi connectivity index (χ2v) is 4.61. The summed E-state index contributed by atoms with van der Waals surface area (Å²) in [6, 6.07) is 9.28. The highest BCUT2D eigenvalue weighted by molar-refractivity contribution is 5.95. The van der Waals surface area contributed by atoms with E-state index in [-0.39, 0.29) is 5.91 Å². The Morgan fingerprint density at radius 1 is 1.42 bits per heavy atom. The van der Waals surface area contributed by atoms with E-state index in [0.717, 1.165) is 26.2 Å². The minimum atomic E-state index is 0.0181. The summed E-state index contributed by atoms with van der Waals surface area (Å²) in [6.45, 7) is 4.02. The lowest BCUT2D eigenvalue weighted by Crippen LogP contribution is -2.48. The maximum absolute atomic E-state index is 12.2. The second-order valence-electron chi connectivity index (χ2n) is 4.61. The number of nitrogens with one attached hydrogen (secondary N) is 1. The molecule has 2 rings (SSSR count). The van der Waals surface area contributed by atoms with Gasteiger partial charge in [-0.15, -0.1) is 0 Å². The Hall–Kier alpha value is -1.90. The predicted molar refractivity (Wildman–Crippen MR) is 73.9 cm³/mol. The molecule has 100 valence electrons. The molecule has 0 radical (unpaired) electrons. The predicted octanol–water partition coefficient (Wildman–Crippen LogP) is 0.426. The zero-order valence-electron chi connectivity index (χ0n) is 11.1. The molecule has 1 aromatic rings. The maximum atomic E-state index is 12.2. The second kappa shape index (κ2) is 6.32. The van der Waals surface area contributed by atoms with Gasteiger partial charge < -0.3 is 10.2 Å². The summed E-state index contributed by atoms with van der Waals surface area (Å²) in [5, 5.41) is 12.3. The summed E-state index contributed by atoms with van der Waals surface area (Å²) >= 11 is 0. The van der Waals surface area contributed by atoms with Crippen molar-refractivity contribution in [3.05, 3.63) is 29.8 Å². The molecule has 5 heteroatoms. The van der Waals surface area contributed by atoms with Crippen LogP contribution in [0.2, 0.25) is 0 Å². The van der Waals surface area contributed by atoms with Crippen molar-refractivity contribution >= 4 is 11.6 Å². The summed E-state index contributed by atoms with van der Waals surface area (Å²) in [6.07, 6.45) is 0. The van der Waals surface area contributed by atoms with Gasteiger partial charge in [-0.05, 0) is 12.1 Å². The van der Waals surface area contributed by atoms with Gasteiger partial charge in [-0.2, -0.15) is 5.26 Å². The molecule has 0 aliphatic carbocycles. The Morgan fingerprint density at radius 3 is 2.79 bits per heavy atom.